The Morgan fingerprint density at radius 2 is 1.75 bits per heavy atom. The highest BCUT2D eigenvalue weighted by Gasteiger charge is 2.13. The molecule has 0 saturated heterocycles. The number of fused-ring (bicyclic) bond motifs is 1. The fourth-order valence-corrected chi connectivity index (χ4v) is 3.38. The predicted octanol–water partition coefficient (Wildman–Crippen LogP) is 5.04. The SMILES string of the molecule is Fc1ccc(F)c(-c2ccc3nc(-c4ccnnc4)nc(NCc4ccccn4)c3c2)c1. The third kappa shape index (κ3) is 3.98. The summed E-state index contributed by atoms with van der Waals surface area (Å²) in [5, 5.41) is 11.7. The van der Waals surface area contributed by atoms with E-state index >= 15 is 0 Å². The second kappa shape index (κ2) is 8.43. The van der Waals surface area contributed by atoms with Gasteiger partial charge in [-0.05, 0) is 54.1 Å². The van der Waals surface area contributed by atoms with Gasteiger partial charge in [-0.15, -0.1) is 0 Å². The maximum atomic E-state index is 14.4. The van der Waals surface area contributed by atoms with E-state index in [-0.39, 0.29) is 5.56 Å². The van der Waals surface area contributed by atoms with Gasteiger partial charge in [0.05, 0.1) is 30.1 Å². The van der Waals surface area contributed by atoms with Gasteiger partial charge in [-0.1, -0.05) is 12.1 Å². The van der Waals surface area contributed by atoms with Gasteiger partial charge >= 0.3 is 0 Å². The highest BCUT2D eigenvalue weighted by molar-refractivity contribution is 5.94. The summed E-state index contributed by atoms with van der Waals surface area (Å²) in [5.74, 6) is 0.00709. The third-order valence-electron chi connectivity index (χ3n) is 4.94. The monoisotopic (exact) mass is 426 g/mol. The zero-order valence-electron chi connectivity index (χ0n) is 16.7. The van der Waals surface area contributed by atoms with Crippen LogP contribution < -0.4 is 5.32 Å². The molecule has 2 aromatic carbocycles. The summed E-state index contributed by atoms with van der Waals surface area (Å²) in [5.41, 5.74) is 2.89. The first kappa shape index (κ1) is 19.6. The van der Waals surface area contributed by atoms with Crippen molar-refractivity contribution in [1.82, 2.24) is 25.1 Å². The van der Waals surface area contributed by atoms with Crippen LogP contribution in [0.5, 0.6) is 0 Å². The van der Waals surface area contributed by atoms with Crippen molar-refractivity contribution in [3.05, 3.63) is 96.6 Å². The van der Waals surface area contributed by atoms with Crippen molar-refractivity contribution in [3.63, 3.8) is 0 Å². The molecule has 32 heavy (non-hydrogen) atoms. The maximum absolute atomic E-state index is 14.4. The lowest BCUT2D eigenvalue weighted by atomic mass is 10.0. The van der Waals surface area contributed by atoms with Crippen LogP contribution in [-0.4, -0.2) is 25.1 Å². The van der Waals surface area contributed by atoms with Crippen molar-refractivity contribution in [1.29, 1.82) is 0 Å². The number of halogens is 2. The molecule has 1 N–H and O–H groups in total. The Morgan fingerprint density at radius 1 is 0.812 bits per heavy atom. The Kier molecular flexibility index (Phi) is 5.17. The number of anilines is 1. The van der Waals surface area contributed by atoms with Crippen LogP contribution in [0.15, 0.2) is 79.3 Å². The van der Waals surface area contributed by atoms with Crippen molar-refractivity contribution >= 4 is 16.7 Å². The normalized spacial score (nSPS) is 10.9. The minimum absolute atomic E-state index is 0.171. The van der Waals surface area contributed by atoms with E-state index in [0.29, 0.717) is 40.2 Å². The Balaban J connectivity index is 1.64. The number of pyridine rings is 1. The summed E-state index contributed by atoms with van der Waals surface area (Å²) in [4.78, 5) is 13.6. The molecule has 0 aliphatic heterocycles. The van der Waals surface area contributed by atoms with Crippen LogP contribution in [0.4, 0.5) is 14.6 Å². The van der Waals surface area contributed by atoms with Crippen molar-refractivity contribution < 1.29 is 8.78 Å². The maximum Gasteiger partial charge on any atom is 0.163 e. The fourth-order valence-electron chi connectivity index (χ4n) is 3.38. The van der Waals surface area contributed by atoms with Gasteiger partial charge in [0.25, 0.3) is 0 Å². The number of hydrogen-bond donors (Lipinski definition) is 1. The highest BCUT2D eigenvalue weighted by atomic mass is 19.1. The molecule has 0 spiro atoms. The van der Waals surface area contributed by atoms with E-state index in [0.717, 1.165) is 17.8 Å². The molecule has 0 aliphatic carbocycles. The summed E-state index contributed by atoms with van der Waals surface area (Å²) >= 11 is 0. The van der Waals surface area contributed by atoms with E-state index < -0.39 is 11.6 Å². The average molecular weight is 426 g/mol. The zero-order chi connectivity index (χ0) is 21.9. The molecule has 8 heteroatoms. The number of nitrogens with one attached hydrogen (secondary N) is 1. The van der Waals surface area contributed by atoms with Crippen LogP contribution >= 0.6 is 0 Å². The first-order chi connectivity index (χ1) is 15.7. The lowest BCUT2D eigenvalue weighted by Gasteiger charge is -2.12. The van der Waals surface area contributed by atoms with Gasteiger partial charge in [0.2, 0.25) is 0 Å². The van der Waals surface area contributed by atoms with Crippen molar-refractivity contribution in [2.75, 3.05) is 5.32 Å². The van der Waals surface area contributed by atoms with Crippen LogP contribution in [0.25, 0.3) is 33.4 Å². The molecule has 5 aromatic rings. The van der Waals surface area contributed by atoms with Crippen molar-refractivity contribution in [3.8, 4) is 22.5 Å². The van der Waals surface area contributed by atoms with Crippen LogP contribution in [0.2, 0.25) is 0 Å². The molecule has 0 saturated carbocycles. The van der Waals surface area contributed by atoms with E-state index in [1.165, 1.54) is 6.07 Å². The molecule has 0 amide bonds. The number of benzene rings is 2. The Morgan fingerprint density at radius 3 is 2.56 bits per heavy atom. The van der Waals surface area contributed by atoms with Crippen LogP contribution in [0, 0.1) is 11.6 Å². The van der Waals surface area contributed by atoms with Gasteiger partial charge in [0.15, 0.2) is 5.82 Å². The second-order valence-electron chi connectivity index (χ2n) is 7.06. The van der Waals surface area contributed by atoms with Gasteiger partial charge in [-0.3, -0.25) is 4.98 Å². The molecule has 0 atom stereocenters. The lowest BCUT2D eigenvalue weighted by Crippen LogP contribution is -2.05. The topological polar surface area (TPSA) is 76.5 Å². The standard InChI is InChI=1S/C24H16F2N6/c25-17-5-6-21(26)19(12-17)15-4-7-22-20(11-15)24(28-14-18-3-1-2-9-27-18)32-23(31-22)16-8-10-29-30-13-16/h1-13H,14H2,(H,28,31,32). The van der Waals surface area contributed by atoms with Gasteiger partial charge < -0.3 is 5.32 Å². The minimum Gasteiger partial charge on any atom is -0.364 e. The molecule has 0 radical (unpaired) electrons. The molecule has 3 aromatic heterocycles. The minimum atomic E-state index is -0.508. The first-order valence-corrected chi connectivity index (χ1v) is 9.85. The molecule has 5 rings (SSSR count). The van der Waals surface area contributed by atoms with Crippen LogP contribution in [0.3, 0.4) is 0 Å². The summed E-state index contributed by atoms with van der Waals surface area (Å²) < 4.78 is 28.1. The van der Waals surface area contributed by atoms with E-state index in [1.807, 2.05) is 18.2 Å². The van der Waals surface area contributed by atoms with Crippen LogP contribution in [-0.2, 0) is 6.54 Å². The molecular weight excluding hydrogens is 410 g/mol. The van der Waals surface area contributed by atoms with E-state index in [2.05, 4.69) is 30.5 Å². The lowest BCUT2D eigenvalue weighted by molar-refractivity contribution is 0.603. The third-order valence-corrected chi connectivity index (χ3v) is 4.94. The summed E-state index contributed by atoms with van der Waals surface area (Å²) in [6.07, 6.45) is 4.87. The highest BCUT2D eigenvalue weighted by Crippen LogP contribution is 2.31. The summed E-state index contributed by atoms with van der Waals surface area (Å²) in [7, 11) is 0. The van der Waals surface area contributed by atoms with Crippen molar-refractivity contribution in [2.45, 2.75) is 6.54 Å². The molecule has 0 fully saturated rings. The number of nitrogens with zero attached hydrogens (tertiary/aromatic N) is 5. The Labute approximate surface area is 182 Å². The smallest absolute Gasteiger partial charge is 0.163 e. The van der Waals surface area contributed by atoms with Gasteiger partial charge in [0.1, 0.15) is 17.5 Å². The van der Waals surface area contributed by atoms with Gasteiger partial charge in [-0.25, -0.2) is 18.7 Å². The van der Waals surface area contributed by atoms with E-state index in [4.69, 9.17) is 0 Å². The molecular formula is C24H16F2N6. The fraction of sp³-hybridized carbons (Fsp3) is 0.0417. The second-order valence-corrected chi connectivity index (χ2v) is 7.06. The molecule has 156 valence electrons. The molecule has 0 unspecified atom stereocenters. The average Bonchev–Trinajstić information content (AvgIpc) is 2.85. The van der Waals surface area contributed by atoms with Crippen LogP contribution in [0.1, 0.15) is 5.69 Å². The van der Waals surface area contributed by atoms with E-state index in [9.17, 15) is 8.78 Å². The molecule has 6 nitrogen and oxygen atoms in total. The Bertz CT molecular complexity index is 1390. The number of aromatic nitrogens is 5. The quantitative estimate of drug-likeness (QED) is 0.424. The summed E-state index contributed by atoms with van der Waals surface area (Å²) in [6.45, 7) is 0.430. The molecule has 3 heterocycles. The molecule has 0 bridgehead atoms. The zero-order valence-corrected chi connectivity index (χ0v) is 16.7. The van der Waals surface area contributed by atoms with Gasteiger partial charge in [-0.2, -0.15) is 10.2 Å². The summed E-state index contributed by atoms with van der Waals surface area (Å²) in [6, 6.07) is 16.0. The van der Waals surface area contributed by atoms with Crippen molar-refractivity contribution in [2.24, 2.45) is 0 Å². The largest absolute Gasteiger partial charge is 0.364 e. The molecule has 0 aliphatic rings. The van der Waals surface area contributed by atoms with Gasteiger partial charge in [0, 0.05) is 22.7 Å². The van der Waals surface area contributed by atoms with E-state index in [1.54, 1.807) is 42.9 Å². The first-order valence-electron chi connectivity index (χ1n) is 9.85. The number of hydrogen-bond acceptors (Lipinski definition) is 6. The number of rotatable bonds is 5. The Hall–Kier alpha value is -4.33. The predicted molar refractivity (Wildman–Crippen MR) is 117 cm³/mol.